The lowest BCUT2D eigenvalue weighted by Gasteiger charge is -2.25. The number of nitrogens with one attached hydrogen (secondary N) is 1. The third kappa shape index (κ3) is 5.05. The van der Waals surface area contributed by atoms with Gasteiger partial charge >= 0.3 is 0 Å². The molecule has 0 radical (unpaired) electrons. The molecule has 1 aromatic carbocycles. The van der Waals surface area contributed by atoms with Gasteiger partial charge in [0.15, 0.2) is 0 Å². The van der Waals surface area contributed by atoms with E-state index in [1.54, 1.807) is 18.3 Å². The van der Waals surface area contributed by atoms with Crippen LogP contribution in [0.3, 0.4) is 0 Å². The van der Waals surface area contributed by atoms with Crippen molar-refractivity contribution in [3.63, 3.8) is 0 Å². The molecule has 1 heterocycles. The van der Waals surface area contributed by atoms with Crippen LogP contribution in [0.4, 0.5) is 0 Å². The van der Waals surface area contributed by atoms with Crippen LogP contribution in [0.15, 0.2) is 53.5 Å². The van der Waals surface area contributed by atoms with Gasteiger partial charge in [0.2, 0.25) is 5.91 Å². The minimum absolute atomic E-state index is 0.0307. The van der Waals surface area contributed by atoms with Crippen LogP contribution in [0.25, 0.3) is 0 Å². The van der Waals surface area contributed by atoms with Gasteiger partial charge in [-0.05, 0) is 28.5 Å². The van der Waals surface area contributed by atoms with E-state index in [-0.39, 0.29) is 35.4 Å². The van der Waals surface area contributed by atoms with E-state index >= 15 is 0 Å². The third-order valence-electron chi connectivity index (χ3n) is 4.33. The predicted molar refractivity (Wildman–Crippen MR) is 102 cm³/mol. The molecule has 4 heteroatoms. The molecule has 4 nitrogen and oxygen atoms in total. The molecule has 25 heavy (non-hydrogen) atoms. The topological polar surface area (TPSA) is 51.1 Å². The number of nitrogens with zero attached hydrogens (tertiary/aromatic N) is 1. The van der Waals surface area contributed by atoms with Crippen LogP contribution >= 0.6 is 0 Å². The fraction of sp³-hybridized carbons (Fsp3) is 0.429. The number of hydrogen-bond donors (Lipinski definition) is 1. The van der Waals surface area contributed by atoms with E-state index in [1.165, 1.54) is 16.2 Å². The summed E-state index contributed by atoms with van der Waals surface area (Å²) in [5.41, 5.74) is 2.27. The molecule has 0 saturated heterocycles. The van der Waals surface area contributed by atoms with E-state index in [0.29, 0.717) is 0 Å². The Hall–Kier alpha value is -2.36. The Morgan fingerprint density at radius 3 is 2.24 bits per heavy atom. The van der Waals surface area contributed by atoms with Gasteiger partial charge in [-0.1, -0.05) is 65.0 Å². The molecule has 2 rings (SSSR count). The number of rotatable bonds is 5. The lowest BCUT2D eigenvalue weighted by Crippen LogP contribution is -2.36. The molecule has 0 aliphatic rings. The van der Waals surface area contributed by atoms with E-state index in [1.807, 2.05) is 0 Å². The first-order chi connectivity index (χ1) is 11.7. The average molecular weight is 340 g/mol. The smallest absolute Gasteiger partial charge is 0.250 e. The maximum atomic E-state index is 12.4. The molecule has 1 amide bonds. The van der Waals surface area contributed by atoms with Crippen molar-refractivity contribution >= 4 is 5.91 Å². The Morgan fingerprint density at radius 2 is 1.72 bits per heavy atom. The van der Waals surface area contributed by atoms with Crippen LogP contribution in [0, 0.1) is 5.92 Å². The first kappa shape index (κ1) is 19.0. The highest BCUT2D eigenvalue weighted by molar-refractivity contribution is 5.76. The number of aromatic nitrogens is 1. The van der Waals surface area contributed by atoms with Gasteiger partial charge in [-0.15, -0.1) is 0 Å². The summed E-state index contributed by atoms with van der Waals surface area (Å²) in [7, 11) is 0. The highest BCUT2D eigenvalue weighted by Crippen LogP contribution is 2.26. The Balaban J connectivity index is 2.14. The summed E-state index contributed by atoms with van der Waals surface area (Å²) in [5.74, 6) is 0.0869. The van der Waals surface area contributed by atoms with Crippen molar-refractivity contribution in [3.8, 4) is 0 Å². The lowest BCUT2D eigenvalue weighted by molar-refractivity contribution is -0.122. The van der Waals surface area contributed by atoms with Crippen molar-refractivity contribution in [1.29, 1.82) is 0 Å². The fourth-order valence-electron chi connectivity index (χ4n) is 2.79. The third-order valence-corrected chi connectivity index (χ3v) is 4.33. The summed E-state index contributed by atoms with van der Waals surface area (Å²) in [5, 5.41) is 3.07. The second-order valence-electron chi connectivity index (χ2n) is 7.83. The van der Waals surface area contributed by atoms with Crippen molar-refractivity contribution < 1.29 is 4.79 Å². The molecule has 0 spiro atoms. The molecule has 1 aromatic heterocycles. The first-order valence-electron chi connectivity index (χ1n) is 8.74. The Morgan fingerprint density at radius 1 is 1.08 bits per heavy atom. The van der Waals surface area contributed by atoms with E-state index in [2.05, 4.69) is 64.2 Å². The normalized spacial score (nSPS) is 12.9. The van der Waals surface area contributed by atoms with Crippen LogP contribution in [-0.2, 0) is 16.8 Å². The molecule has 2 aromatic rings. The number of carbonyl (C=O) groups is 1. The zero-order valence-electron chi connectivity index (χ0n) is 15.7. The number of carbonyl (C=O) groups excluding carboxylic acids is 1. The van der Waals surface area contributed by atoms with Crippen LogP contribution < -0.4 is 10.9 Å². The minimum atomic E-state index is -0.173. The molecule has 1 N–H and O–H groups in total. The SMILES string of the molecule is CC(C)[C@@H](NC(=O)Cn1ccccc1=O)c1ccc(C(C)(C)C)cc1. The van der Waals surface area contributed by atoms with Crippen molar-refractivity contribution in [1.82, 2.24) is 9.88 Å². The number of benzene rings is 1. The maximum Gasteiger partial charge on any atom is 0.250 e. The summed E-state index contributed by atoms with van der Waals surface area (Å²) in [6.45, 7) is 10.7. The lowest BCUT2D eigenvalue weighted by atomic mass is 9.85. The molecular formula is C21H28N2O2. The van der Waals surface area contributed by atoms with E-state index in [0.717, 1.165) is 5.56 Å². The zero-order chi connectivity index (χ0) is 18.6. The molecular weight excluding hydrogens is 312 g/mol. The van der Waals surface area contributed by atoms with Gasteiger partial charge in [-0.2, -0.15) is 0 Å². The Bertz CT molecular complexity index is 767. The Kier molecular flexibility index (Phi) is 5.83. The number of amides is 1. The number of hydrogen-bond acceptors (Lipinski definition) is 2. The molecule has 0 bridgehead atoms. The van der Waals surface area contributed by atoms with Crippen molar-refractivity contribution in [2.45, 2.75) is 52.6 Å². The Labute approximate surface area is 149 Å². The summed E-state index contributed by atoms with van der Waals surface area (Å²) in [6, 6.07) is 13.2. The van der Waals surface area contributed by atoms with Crippen molar-refractivity contribution in [3.05, 3.63) is 70.1 Å². The zero-order valence-corrected chi connectivity index (χ0v) is 15.7. The van der Waals surface area contributed by atoms with Gasteiger partial charge in [0.1, 0.15) is 6.54 Å². The van der Waals surface area contributed by atoms with Gasteiger partial charge in [-0.3, -0.25) is 9.59 Å². The van der Waals surface area contributed by atoms with Crippen molar-refractivity contribution in [2.24, 2.45) is 5.92 Å². The quantitative estimate of drug-likeness (QED) is 0.903. The molecule has 0 aliphatic heterocycles. The molecule has 0 unspecified atom stereocenters. The fourth-order valence-corrected chi connectivity index (χ4v) is 2.79. The molecule has 1 atom stereocenters. The molecule has 134 valence electrons. The van der Waals surface area contributed by atoms with Gasteiger partial charge in [0.05, 0.1) is 6.04 Å². The molecule has 0 aliphatic carbocycles. The van der Waals surface area contributed by atoms with Gasteiger partial charge in [-0.25, -0.2) is 0 Å². The maximum absolute atomic E-state index is 12.4. The first-order valence-corrected chi connectivity index (χ1v) is 8.74. The average Bonchev–Trinajstić information content (AvgIpc) is 2.54. The van der Waals surface area contributed by atoms with Crippen molar-refractivity contribution in [2.75, 3.05) is 0 Å². The summed E-state index contributed by atoms with van der Waals surface area (Å²) in [6.07, 6.45) is 1.63. The van der Waals surface area contributed by atoms with Crippen LogP contribution in [-0.4, -0.2) is 10.5 Å². The van der Waals surface area contributed by atoms with Gasteiger partial charge in [0, 0.05) is 12.3 Å². The van der Waals surface area contributed by atoms with Gasteiger partial charge < -0.3 is 9.88 Å². The highest BCUT2D eigenvalue weighted by Gasteiger charge is 2.20. The van der Waals surface area contributed by atoms with Crippen LogP contribution in [0.2, 0.25) is 0 Å². The monoisotopic (exact) mass is 340 g/mol. The van der Waals surface area contributed by atoms with Gasteiger partial charge in [0.25, 0.3) is 5.56 Å². The number of pyridine rings is 1. The minimum Gasteiger partial charge on any atom is -0.347 e. The van der Waals surface area contributed by atoms with E-state index < -0.39 is 0 Å². The highest BCUT2D eigenvalue weighted by atomic mass is 16.2. The predicted octanol–water partition coefficient (Wildman–Crippen LogP) is 3.66. The standard InChI is InChI=1S/C21H28N2O2/c1-15(2)20(16-9-11-17(12-10-16)21(3,4)5)22-18(24)14-23-13-7-6-8-19(23)25/h6-13,15,20H,14H2,1-5H3,(H,22,24)/t20-/m1/s1. The van der Waals surface area contributed by atoms with E-state index in [4.69, 9.17) is 0 Å². The summed E-state index contributed by atoms with van der Waals surface area (Å²) >= 11 is 0. The second-order valence-corrected chi connectivity index (χ2v) is 7.83. The largest absolute Gasteiger partial charge is 0.347 e. The summed E-state index contributed by atoms with van der Waals surface area (Å²) in [4.78, 5) is 24.2. The second kappa shape index (κ2) is 7.68. The van der Waals surface area contributed by atoms with E-state index in [9.17, 15) is 9.59 Å². The molecule has 0 saturated carbocycles. The van der Waals surface area contributed by atoms with Crippen LogP contribution in [0.5, 0.6) is 0 Å². The molecule has 0 fully saturated rings. The van der Waals surface area contributed by atoms with Crippen LogP contribution in [0.1, 0.15) is 51.8 Å². The summed E-state index contributed by atoms with van der Waals surface area (Å²) < 4.78 is 1.41.